The van der Waals surface area contributed by atoms with Crippen molar-refractivity contribution in [3.05, 3.63) is 119 Å². The number of para-hydroxylation sites is 2. The zero-order valence-corrected chi connectivity index (χ0v) is 42.9. The Kier molecular flexibility index (Phi) is 18.9. The van der Waals surface area contributed by atoms with Gasteiger partial charge in [0.25, 0.3) is 0 Å². The maximum absolute atomic E-state index is 15.3. The van der Waals surface area contributed by atoms with E-state index in [0.717, 1.165) is 0 Å². The van der Waals surface area contributed by atoms with Gasteiger partial charge in [-0.1, -0.05) is 64.5 Å². The number of guanidine groups is 1. The number of halogens is 1. The third-order valence-corrected chi connectivity index (χ3v) is 12.7. The van der Waals surface area contributed by atoms with Crippen LogP contribution in [0.5, 0.6) is 11.5 Å². The number of nitrogens with zero attached hydrogens (tertiary/aromatic N) is 1. The number of amides is 4. The number of ether oxygens (including phenoxy) is 3. The van der Waals surface area contributed by atoms with Crippen LogP contribution in [0, 0.1) is 0 Å². The lowest BCUT2D eigenvalue weighted by Crippen LogP contribution is -2.55. The van der Waals surface area contributed by atoms with Gasteiger partial charge in [0.05, 0.1) is 22.8 Å². The van der Waals surface area contributed by atoms with Crippen LogP contribution in [0.25, 0.3) is 0 Å². The van der Waals surface area contributed by atoms with Crippen LogP contribution in [0.1, 0.15) is 74.8 Å². The SMILES string of the molecule is C[C@H](NC(=O)[C@@H](COC(C)(C)C)NS(=O)(=O)c1ccc(Br)cc1)C(=O)NC(Cc1ccc(N=C(NC(=O)OC(C)(C)C)NC(=O)OC(C)(C)C)cc1)P(=O)(Oc1ccccc1)Oc1ccccc1. The Morgan fingerprint density at radius 1 is 0.662 bits per heavy atom. The summed E-state index contributed by atoms with van der Waals surface area (Å²) in [6, 6.07) is 25.7. The minimum atomic E-state index is -4.49. The fourth-order valence-corrected chi connectivity index (χ4v) is 8.91. The molecule has 368 valence electrons. The molecule has 4 rings (SSSR count). The normalized spacial score (nSPS) is 13.4. The third kappa shape index (κ3) is 19.1. The molecule has 0 saturated heterocycles. The summed E-state index contributed by atoms with van der Waals surface area (Å²) in [4.78, 5) is 57.8. The summed E-state index contributed by atoms with van der Waals surface area (Å²) in [7, 11) is -8.74. The lowest BCUT2D eigenvalue weighted by molar-refractivity contribution is -0.131. The Bertz CT molecular complexity index is 2450. The molecule has 68 heavy (non-hydrogen) atoms. The number of sulfonamides is 1. The molecule has 1 unspecified atom stereocenters. The van der Waals surface area contributed by atoms with Crippen molar-refractivity contribution < 1.29 is 55.4 Å². The van der Waals surface area contributed by atoms with Gasteiger partial charge in [-0.05, 0) is 135 Å². The van der Waals surface area contributed by atoms with E-state index in [1.807, 2.05) is 0 Å². The third-order valence-electron chi connectivity index (χ3n) is 8.66. The van der Waals surface area contributed by atoms with Crippen LogP contribution in [0.2, 0.25) is 0 Å². The van der Waals surface area contributed by atoms with Gasteiger partial charge in [0.1, 0.15) is 34.8 Å². The molecule has 4 amide bonds. The van der Waals surface area contributed by atoms with Gasteiger partial charge in [-0.2, -0.15) is 4.72 Å². The largest absolute Gasteiger partial charge is 0.453 e. The number of hydrogen-bond acceptors (Lipinski definition) is 13. The maximum atomic E-state index is 15.3. The quantitative estimate of drug-likeness (QED) is 0.0380. The van der Waals surface area contributed by atoms with Crippen LogP contribution in [0.4, 0.5) is 15.3 Å². The molecule has 21 heteroatoms. The predicted octanol–water partition coefficient (Wildman–Crippen LogP) is 8.49. The molecule has 0 aliphatic carbocycles. The summed E-state index contributed by atoms with van der Waals surface area (Å²) in [6.45, 7) is 16.2. The van der Waals surface area contributed by atoms with Crippen molar-refractivity contribution in [2.24, 2.45) is 4.99 Å². The van der Waals surface area contributed by atoms with E-state index in [1.54, 1.807) is 147 Å². The highest BCUT2D eigenvalue weighted by molar-refractivity contribution is 9.10. The minimum absolute atomic E-state index is 0.106. The molecular formula is C47H60BrN6O12PS. The van der Waals surface area contributed by atoms with Gasteiger partial charge in [-0.25, -0.2) is 27.6 Å². The summed E-state index contributed by atoms with van der Waals surface area (Å²) in [5, 5.41) is 10.2. The van der Waals surface area contributed by atoms with Crippen molar-refractivity contribution >= 4 is 69.2 Å². The van der Waals surface area contributed by atoms with Gasteiger partial charge in [0.2, 0.25) is 27.8 Å². The van der Waals surface area contributed by atoms with Crippen LogP contribution in [-0.4, -0.2) is 79.7 Å². The molecule has 4 aromatic carbocycles. The first-order valence-electron chi connectivity index (χ1n) is 21.4. The van der Waals surface area contributed by atoms with Gasteiger partial charge >= 0.3 is 19.8 Å². The molecule has 4 aromatic rings. The minimum Gasteiger partial charge on any atom is -0.444 e. The number of rotatable bonds is 17. The Hall–Kier alpha value is -5.79. The van der Waals surface area contributed by atoms with Crippen molar-refractivity contribution in [2.75, 3.05) is 6.61 Å². The van der Waals surface area contributed by atoms with Crippen LogP contribution < -0.4 is 35.0 Å². The van der Waals surface area contributed by atoms with E-state index in [-0.39, 0.29) is 41.1 Å². The maximum Gasteiger partial charge on any atom is 0.453 e. The standard InChI is InChI=1S/C47H60BrN6O12PS/c1-31(49-41(56)38(30-62-45(2,3)4)54-68(60,61)37-27-23-33(48)24-28-37)40(55)51-39(67(59,65-35-17-13-11-14-18-35)66-36-19-15-12-16-20-36)29-32-21-25-34(26-22-32)50-42(52-43(57)63-46(5,6)7)53-44(58)64-47(8,9)10/h11-28,31,38-39,54H,29-30H2,1-10H3,(H,49,56)(H,51,55)(H2,50,52,53,57,58)/t31-,38+,39?/m0/s1. The van der Waals surface area contributed by atoms with Crippen molar-refractivity contribution in [3.8, 4) is 11.5 Å². The second kappa shape index (κ2) is 23.5. The summed E-state index contributed by atoms with van der Waals surface area (Å²) < 4.78 is 74.0. The average Bonchev–Trinajstić information content (AvgIpc) is 3.21. The second-order valence-corrected chi connectivity index (χ2v) is 22.9. The molecule has 0 heterocycles. The number of aliphatic imine (C=N–C) groups is 1. The smallest absolute Gasteiger partial charge is 0.444 e. The highest BCUT2D eigenvalue weighted by atomic mass is 79.9. The molecule has 0 aliphatic rings. The average molecular weight is 1040 g/mol. The summed E-state index contributed by atoms with van der Waals surface area (Å²) in [6.07, 6.45) is -1.96. The molecule has 0 saturated carbocycles. The first kappa shape index (κ1) is 54.8. The van der Waals surface area contributed by atoms with Crippen molar-refractivity contribution in [3.63, 3.8) is 0 Å². The highest BCUT2D eigenvalue weighted by Gasteiger charge is 2.42. The number of benzene rings is 4. The zero-order chi connectivity index (χ0) is 50.5. The monoisotopic (exact) mass is 1040 g/mol. The fourth-order valence-electron chi connectivity index (χ4n) is 5.63. The Morgan fingerprint density at radius 2 is 1.15 bits per heavy atom. The molecule has 0 spiro atoms. The molecule has 5 N–H and O–H groups in total. The van der Waals surface area contributed by atoms with Crippen LogP contribution in [0.3, 0.4) is 0 Å². The van der Waals surface area contributed by atoms with Crippen molar-refractivity contribution in [1.82, 2.24) is 26.0 Å². The number of carbonyl (C=O) groups is 4. The number of nitrogens with one attached hydrogen (secondary N) is 5. The van der Waals surface area contributed by atoms with Crippen LogP contribution in [-0.2, 0) is 44.8 Å². The molecule has 18 nitrogen and oxygen atoms in total. The van der Waals surface area contributed by atoms with Gasteiger partial charge < -0.3 is 33.9 Å². The van der Waals surface area contributed by atoms with E-state index < -0.39 is 76.3 Å². The van der Waals surface area contributed by atoms with E-state index in [2.05, 4.69) is 46.9 Å². The van der Waals surface area contributed by atoms with E-state index >= 15 is 4.57 Å². The summed E-state index contributed by atoms with van der Waals surface area (Å²) in [5.74, 6) is -3.10. The molecule has 0 fully saturated rings. The molecule has 0 radical (unpaired) electrons. The predicted molar refractivity (Wildman–Crippen MR) is 261 cm³/mol. The molecular weight excluding hydrogens is 983 g/mol. The Morgan fingerprint density at radius 3 is 1.60 bits per heavy atom. The summed E-state index contributed by atoms with van der Waals surface area (Å²) >= 11 is 3.29. The first-order chi connectivity index (χ1) is 31.6. The molecule has 3 atom stereocenters. The zero-order valence-electron chi connectivity index (χ0n) is 39.6. The van der Waals surface area contributed by atoms with Crippen molar-refractivity contribution in [1.29, 1.82) is 0 Å². The lowest BCUT2D eigenvalue weighted by atomic mass is 10.1. The number of alkyl carbamates (subject to hydrolysis) is 2. The second-order valence-electron chi connectivity index (χ2n) is 18.2. The van der Waals surface area contributed by atoms with E-state index in [4.69, 9.17) is 23.3 Å². The lowest BCUT2D eigenvalue weighted by Gasteiger charge is -2.30. The van der Waals surface area contributed by atoms with E-state index in [9.17, 15) is 27.6 Å². The van der Waals surface area contributed by atoms with Gasteiger partial charge in [-0.3, -0.25) is 20.2 Å². The Balaban J connectivity index is 1.69. The fraction of sp³-hybridized carbons (Fsp3) is 0.383. The van der Waals surface area contributed by atoms with Gasteiger partial charge in [-0.15, -0.1) is 0 Å². The van der Waals surface area contributed by atoms with Crippen molar-refractivity contribution in [2.45, 2.75) is 115 Å². The Labute approximate surface area is 406 Å². The summed E-state index contributed by atoms with van der Waals surface area (Å²) in [5.41, 5.74) is -1.76. The van der Waals surface area contributed by atoms with E-state index in [1.165, 1.54) is 31.2 Å². The molecule has 0 aromatic heterocycles. The van der Waals surface area contributed by atoms with Gasteiger partial charge in [0.15, 0.2) is 5.78 Å². The van der Waals surface area contributed by atoms with Gasteiger partial charge in [0, 0.05) is 10.9 Å². The number of carbonyl (C=O) groups excluding carboxylic acids is 4. The van der Waals surface area contributed by atoms with Crippen LogP contribution in [0.15, 0.2) is 124 Å². The van der Waals surface area contributed by atoms with Crippen LogP contribution >= 0.6 is 23.5 Å². The first-order valence-corrected chi connectivity index (χ1v) is 25.3. The number of hydrogen-bond donors (Lipinski definition) is 5. The highest BCUT2D eigenvalue weighted by Crippen LogP contribution is 2.53. The van der Waals surface area contributed by atoms with E-state index in [0.29, 0.717) is 10.0 Å². The molecule has 0 bridgehead atoms. The molecule has 0 aliphatic heterocycles. The topological polar surface area (TPSA) is 238 Å².